The molecule has 2 heteroatoms. The molecule has 0 radical (unpaired) electrons. The molecule has 0 aromatic heterocycles. The first-order valence-electron chi connectivity index (χ1n) is 3.76. The number of hydrogen-bond donors (Lipinski definition) is 0. The zero-order valence-corrected chi connectivity index (χ0v) is 9.15. The van der Waals surface area contributed by atoms with Crippen molar-refractivity contribution >= 4 is 6.29 Å². The van der Waals surface area contributed by atoms with Gasteiger partial charge in [0.25, 0.3) is 0 Å². The Morgan fingerprint density at radius 2 is 1.70 bits per heavy atom. The van der Waals surface area contributed by atoms with Gasteiger partial charge in [-0.1, -0.05) is 39.0 Å². The fraction of sp³-hybridized carbons (Fsp3) is 0.875. The Morgan fingerprint density at radius 1 is 1.10 bits per heavy atom. The zero-order chi connectivity index (χ0) is 6.95. The summed E-state index contributed by atoms with van der Waals surface area (Å²) < 4.78 is 0. The van der Waals surface area contributed by atoms with Gasteiger partial charge in [-0.15, -0.1) is 0 Å². The van der Waals surface area contributed by atoms with Crippen LogP contribution in [-0.2, 0) is 4.79 Å². The van der Waals surface area contributed by atoms with E-state index < -0.39 is 0 Å². The summed E-state index contributed by atoms with van der Waals surface area (Å²) >= 11 is 0. The van der Waals surface area contributed by atoms with Gasteiger partial charge in [-0.25, -0.2) is 0 Å². The van der Waals surface area contributed by atoms with E-state index in [0.29, 0.717) is 6.42 Å². The van der Waals surface area contributed by atoms with Crippen molar-refractivity contribution in [3.05, 3.63) is 0 Å². The number of carbonyl (C=O) groups excluding carboxylic acids is 1. The van der Waals surface area contributed by atoms with Crippen LogP contribution >= 0.6 is 0 Å². The first kappa shape index (κ1) is 13.3. The Kier molecular flexibility index (Phi) is 16.4. The normalized spacial score (nSPS) is 8.50. The van der Waals surface area contributed by atoms with Crippen LogP contribution in [0.3, 0.4) is 0 Å². The summed E-state index contributed by atoms with van der Waals surface area (Å²) in [6.45, 7) is 2.19. The Bertz CT molecular complexity index is 64.3. The minimum atomic E-state index is 0. The first-order valence-corrected chi connectivity index (χ1v) is 3.76. The van der Waals surface area contributed by atoms with Crippen LogP contribution < -0.4 is 29.6 Å². The van der Waals surface area contributed by atoms with Crippen LogP contribution in [0.15, 0.2) is 0 Å². The molecular weight excluding hydrogens is 135 g/mol. The van der Waals surface area contributed by atoms with Crippen molar-refractivity contribution < 1.29 is 34.4 Å². The minimum absolute atomic E-state index is 0. The van der Waals surface area contributed by atoms with Crippen LogP contribution in [0.5, 0.6) is 0 Å². The monoisotopic (exact) mass is 150 g/mol. The molecule has 0 rings (SSSR count). The van der Waals surface area contributed by atoms with E-state index in [0.717, 1.165) is 6.42 Å². The molecule has 0 aliphatic heterocycles. The second-order valence-electron chi connectivity index (χ2n) is 2.31. The van der Waals surface area contributed by atoms with Crippen molar-refractivity contribution in [2.75, 3.05) is 0 Å². The summed E-state index contributed by atoms with van der Waals surface area (Å²) in [5.41, 5.74) is 0. The predicted molar refractivity (Wildman–Crippen MR) is 39.1 cm³/mol. The maximum atomic E-state index is 9.71. The summed E-state index contributed by atoms with van der Waals surface area (Å²) in [5.74, 6) is 0. The van der Waals surface area contributed by atoms with Crippen molar-refractivity contribution in [1.29, 1.82) is 0 Å². The SMILES string of the molecule is CCCCCCC[C-]=O.[Na+]. The van der Waals surface area contributed by atoms with Gasteiger partial charge in [0.05, 0.1) is 0 Å². The molecule has 0 aromatic rings. The second kappa shape index (κ2) is 12.4. The van der Waals surface area contributed by atoms with Crippen molar-refractivity contribution in [3.63, 3.8) is 0 Å². The predicted octanol–water partition coefficient (Wildman–Crippen LogP) is -0.539. The zero-order valence-electron chi connectivity index (χ0n) is 7.15. The molecule has 0 heterocycles. The average molecular weight is 150 g/mol. The maximum absolute atomic E-state index is 9.71. The van der Waals surface area contributed by atoms with Gasteiger partial charge < -0.3 is 4.79 Å². The van der Waals surface area contributed by atoms with Crippen LogP contribution in [0.4, 0.5) is 0 Å². The van der Waals surface area contributed by atoms with Gasteiger partial charge in [0, 0.05) is 0 Å². The van der Waals surface area contributed by atoms with E-state index in [1.165, 1.54) is 25.7 Å². The van der Waals surface area contributed by atoms with Crippen LogP contribution in [0, 0.1) is 0 Å². The Hall–Kier alpha value is 0.670. The van der Waals surface area contributed by atoms with Crippen LogP contribution in [0.25, 0.3) is 0 Å². The van der Waals surface area contributed by atoms with E-state index in [9.17, 15) is 4.79 Å². The Labute approximate surface area is 85.9 Å². The van der Waals surface area contributed by atoms with E-state index >= 15 is 0 Å². The first-order chi connectivity index (χ1) is 4.41. The molecular formula is C8H15NaO. The minimum Gasteiger partial charge on any atom is -0.542 e. The van der Waals surface area contributed by atoms with Gasteiger partial charge in [0.2, 0.25) is 0 Å². The molecule has 0 aliphatic carbocycles. The second-order valence-corrected chi connectivity index (χ2v) is 2.31. The van der Waals surface area contributed by atoms with Crippen molar-refractivity contribution in [1.82, 2.24) is 0 Å². The van der Waals surface area contributed by atoms with Crippen molar-refractivity contribution in [2.45, 2.75) is 45.4 Å². The third-order valence-corrected chi connectivity index (χ3v) is 1.38. The third-order valence-electron chi connectivity index (χ3n) is 1.38. The van der Waals surface area contributed by atoms with E-state index in [1.54, 1.807) is 0 Å². The van der Waals surface area contributed by atoms with Gasteiger partial charge in [0.1, 0.15) is 0 Å². The summed E-state index contributed by atoms with van der Waals surface area (Å²) in [6, 6.07) is 0. The quantitative estimate of drug-likeness (QED) is 0.282. The van der Waals surface area contributed by atoms with Crippen molar-refractivity contribution in [3.8, 4) is 0 Å². The molecule has 0 fully saturated rings. The smallest absolute Gasteiger partial charge is 0.542 e. The van der Waals surface area contributed by atoms with Crippen molar-refractivity contribution in [2.24, 2.45) is 0 Å². The van der Waals surface area contributed by atoms with Crippen LogP contribution in [0.2, 0.25) is 0 Å². The molecule has 0 unspecified atom stereocenters. The molecule has 1 nitrogen and oxygen atoms in total. The van der Waals surface area contributed by atoms with Gasteiger partial charge in [-0.3, -0.25) is 6.29 Å². The molecule has 0 bridgehead atoms. The van der Waals surface area contributed by atoms with E-state index in [2.05, 4.69) is 6.92 Å². The topological polar surface area (TPSA) is 17.1 Å². The molecule has 0 saturated heterocycles. The molecule has 0 saturated carbocycles. The van der Waals surface area contributed by atoms with Crippen LogP contribution in [-0.4, -0.2) is 6.29 Å². The molecule has 10 heavy (non-hydrogen) atoms. The molecule has 54 valence electrons. The molecule has 0 atom stereocenters. The Balaban J connectivity index is 0. The van der Waals surface area contributed by atoms with Gasteiger partial charge in [-0.2, -0.15) is 6.42 Å². The number of unbranched alkanes of at least 4 members (excludes halogenated alkanes) is 5. The van der Waals surface area contributed by atoms with E-state index in [4.69, 9.17) is 0 Å². The standard InChI is InChI=1S/C8H15O.Na/c1-2-3-4-5-6-7-8-9;/h2-7H2,1H3;/q-1;+1. The van der Waals surface area contributed by atoms with Crippen LogP contribution in [0.1, 0.15) is 45.4 Å². The molecule has 0 spiro atoms. The fourth-order valence-electron chi connectivity index (χ4n) is 0.801. The largest absolute Gasteiger partial charge is 1.00 e. The molecule has 0 aromatic carbocycles. The fourth-order valence-corrected chi connectivity index (χ4v) is 0.801. The summed E-state index contributed by atoms with van der Waals surface area (Å²) in [5, 5.41) is 0. The summed E-state index contributed by atoms with van der Waals surface area (Å²) in [6.07, 6.45) is 8.60. The van der Waals surface area contributed by atoms with Gasteiger partial charge in [0.15, 0.2) is 0 Å². The summed E-state index contributed by atoms with van der Waals surface area (Å²) in [7, 11) is 0. The van der Waals surface area contributed by atoms with E-state index in [-0.39, 0.29) is 29.6 Å². The van der Waals surface area contributed by atoms with Gasteiger partial charge in [-0.05, 0) is 0 Å². The third kappa shape index (κ3) is 11.5. The average Bonchev–Trinajstić information content (AvgIpc) is 1.89. The Morgan fingerprint density at radius 3 is 2.20 bits per heavy atom. The number of hydrogen-bond acceptors (Lipinski definition) is 1. The number of rotatable bonds is 6. The molecule has 0 aliphatic rings. The van der Waals surface area contributed by atoms with Gasteiger partial charge >= 0.3 is 29.6 Å². The molecule has 0 amide bonds. The maximum Gasteiger partial charge on any atom is 1.00 e. The molecule has 0 N–H and O–H groups in total. The van der Waals surface area contributed by atoms with E-state index in [1.807, 2.05) is 6.29 Å². The summed E-state index contributed by atoms with van der Waals surface area (Å²) in [4.78, 5) is 9.71.